The van der Waals surface area contributed by atoms with Gasteiger partial charge in [0.15, 0.2) is 0 Å². The first-order chi connectivity index (χ1) is 15.6. The lowest BCUT2D eigenvalue weighted by Gasteiger charge is -2.15. The van der Waals surface area contributed by atoms with Crippen LogP contribution in [0.2, 0.25) is 0 Å². The van der Waals surface area contributed by atoms with Crippen LogP contribution in [0.4, 0.5) is 5.69 Å². The lowest BCUT2D eigenvalue weighted by Crippen LogP contribution is -2.14. The van der Waals surface area contributed by atoms with Crippen molar-refractivity contribution in [2.75, 3.05) is 11.9 Å². The number of ether oxygens (including phenoxy) is 2. The molecule has 0 fully saturated rings. The number of benzene rings is 4. The van der Waals surface area contributed by atoms with Gasteiger partial charge in [-0.05, 0) is 61.5 Å². The summed E-state index contributed by atoms with van der Waals surface area (Å²) in [5, 5.41) is 5.23. The number of hydrogen-bond donors (Lipinski definition) is 1. The highest BCUT2D eigenvalue weighted by molar-refractivity contribution is 6.05. The van der Waals surface area contributed by atoms with E-state index in [2.05, 4.69) is 17.4 Å². The molecule has 0 aliphatic carbocycles. The van der Waals surface area contributed by atoms with Gasteiger partial charge >= 0.3 is 0 Å². The second-order valence-electron chi connectivity index (χ2n) is 7.74. The van der Waals surface area contributed by atoms with Gasteiger partial charge in [-0.1, -0.05) is 54.6 Å². The van der Waals surface area contributed by atoms with E-state index in [1.165, 1.54) is 0 Å². The molecule has 4 nitrogen and oxygen atoms in total. The van der Waals surface area contributed by atoms with Gasteiger partial charge in [-0.15, -0.1) is 0 Å². The van der Waals surface area contributed by atoms with E-state index in [0.717, 1.165) is 44.6 Å². The van der Waals surface area contributed by atoms with Crippen LogP contribution in [0.1, 0.15) is 34.0 Å². The average Bonchev–Trinajstić information content (AvgIpc) is 2.81. The summed E-state index contributed by atoms with van der Waals surface area (Å²) in [6.07, 6.45) is 0. The number of nitrogens with one attached hydrogen (secondary N) is 1. The summed E-state index contributed by atoms with van der Waals surface area (Å²) >= 11 is 0. The van der Waals surface area contributed by atoms with Crippen LogP contribution in [0.3, 0.4) is 0 Å². The smallest absolute Gasteiger partial charge is 0.255 e. The molecule has 0 bridgehead atoms. The van der Waals surface area contributed by atoms with Crippen molar-refractivity contribution in [3.05, 3.63) is 101 Å². The zero-order chi connectivity index (χ0) is 22.5. The zero-order valence-corrected chi connectivity index (χ0v) is 18.6. The predicted molar refractivity (Wildman–Crippen MR) is 130 cm³/mol. The van der Waals surface area contributed by atoms with Crippen molar-refractivity contribution < 1.29 is 14.3 Å². The Morgan fingerprint density at radius 2 is 1.53 bits per heavy atom. The summed E-state index contributed by atoms with van der Waals surface area (Å²) in [7, 11) is 0. The molecule has 0 heterocycles. The maximum absolute atomic E-state index is 13.0. The van der Waals surface area contributed by atoms with Crippen molar-refractivity contribution >= 4 is 22.4 Å². The van der Waals surface area contributed by atoms with E-state index < -0.39 is 0 Å². The molecule has 162 valence electrons. The van der Waals surface area contributed by atoms with Crippen LogP contribution >= 0.6 is 0 Å². The van der Waals surface area contributed by atoms with Crippen molar-refractivity contribution in [2.45, 2.75) is 27.4 Å². The molecule has 1 N–H and O–H groups in total. The Balaban J connectivity index is 1.59. The fraction of sp³-hybridized carbons (Fsp3) is 0.179. The van der Waals surface area contributed by atoms with E-state index in [-0.39, 0.29) is 5.91 Å². The Labute approximate surface area is 188 Å². The Hall–Kier alpha value is -3.79. The van der Waals surface area contributed by atoms with E-state index in [1.54, 1.807) is 6.07 Å². The SMILES string of the molecule is CCOc1ccc(C(=O)Nc2c(C)cccc2C)cc1COc1cccc2ccccc12. The summed E-state index contributed by atoms with van der Waals surface area (Å²) in [5.74, 6) is 1.36. The number of amides is 1. The van der Waals surface area contributed by atoms with Gasteiger partial charge in [-0.2, -0.15) is 0 Å². The standard InChI is InChI=1S/C28H27NO3/c1-4-31-25-16-15-22(28(30)29-27-19(2)9-7-10-20(27)3)17-23(25)18-32-26-14-8-12-21-11-5-6-13-24(21)26/h5-17H,4,18H2,1-3H3,(H,29,30). The van der Waals surface area contributed by atoms with Crippen LogP contribution in [0, 0.1) is 13.8 Å². The molecule has 0 atom stereocenters. The molecular weight excluding hydrogens is 398 g/mol. The summed E-state index contributed by atoms with van der Waals surface area (Å²) < 4.78 is 12.0. The van der Waals surface area contributed by atoms with Crippen LogP contribution in [0.5, 0.6) is 11.5 Å². The fourth-order valence-corrected chi connectivity index (χ4v) is 3.80. The maximum atomic E-state index is 13.0. The van der Waals surface area contributed by atoms with Crippen LogP contribution < -0.4 is 14.8 Å². The van der Waals surface area contributed by atoms with Crippen molar-refractivity contribution in [1.82, 2.24) is 0 Å². The molecule has 4 aromatic rings. The molecule has 32 heavy (non-hydrogen) atoms. The first-order valence-electron chi connectivity index (χ1n) is 10.8. The van der Waals surface area contributed by atoms with Gasteiger partial charge in [-0.3, -0.25) is 4.79 Å². The van der Waals surface area contributed by atoms with Gasteiger partial charge in [-0.25, -0.2) is 0 Å². The van der Waals surface area contributed by atoms with Crippen molar-refractivity contribution in [2.24, 2.45) is 0 Å². The number of fused-ring (bicyclic) bond motifs is 1. The highest BCUT2D eigenvalue weighted by Crippen LogP contribution is 2.28. The number of hydrogen-bond acceptors (Lipinski definition) is 3. The van der Waals surface area contributed by atoms with E-state index in [9.17, 15) is 4.79 Å². The third kappa shape index (κ3) is 4.59. The van der Waals surface area contributed by atoms with Gasteiger partial charge in [0.05, 0.1) is 6.61 Å². The molecule has 0 saturated heterocycles. The highest BCUT2D eigenvalue weighted by Gasteiger charge is 2.14. The molecule has 0 aliphatic heterocycles. The molecule has 0 radical (unpaired) electrons. The zero-order valence-electron chi connectivity index (χ0n) is 18.6. The second-order valence-corrected chi connectivity index (χ2v) is 7.74. The number of carbonyl (C=O) groups is 1. The van der Waals surface area contributed by atoms with E-state index >= 15 is 0 Å². The Kier molecular flexibility index (Phi) is 6.41. The quantitative estimate of drug-likeness (QED) is 0.359. The summed E-state index contributed by atoms with van der Waals surface area (Å²) in [6, 6.07) is 25.6. The first-order valence-corrected chi connectivity index (χ1v) is 10.8. The Morgan fingerprint density at radius 1 is 0.812 bits per heavy atom. The van der Waals surface area contributed by atoms with Crippen molar-refractivity contribution in [3.63, 3.8) is 0 Å². The molecule has 4 aromatic carbocycles. The van der Waals surface area contributed by atoms with Crippen LogP contribution in [0.15, 0.2) is 78.9 Å². The Bertz CT molecular complexity index is 1240. The van der Waals surface area contributed by atoms with Gasteiger partial charge in [0.25, 0.3) is 5.91 Å². The predicted octanol–water partition coefficient (Wildman–Crippen LogP) is 6.69. The van der Waals surface area contributed by atoms with Crippen LogP contribution in [-0.2, 0) is 6.61 Å². The normalized spacial score (nSPS) is 10.7. The minimum atomic E-state index is -0.156. The molecule has 0 aliphatic rings. The van der Waals surface area contributed by atoms with Gasteiger partial charge in [0, 0.05) is 22.2 Å². The molecule has 0 unspecified atom stereocenters. The average molecular weight is 426 g/mol. The van der Waals surface area contributed by atoms with Crippen LogP contribution in [0.25, 0.3) is 10.8 Å². The highest BCUT2D eigenvalue weighted by atomic mass is 16.5. The van der Waals surface area contributed by atoms with E-state index in [4.69, 9.17) is 9.47 Å². The molecule has 4 rings (SSSR count). The first kappa shape index (κ1) is 21.4. The number of anilines is 1. The largest absolute Gasteiger partial charge is 0.493 e. The molecule has 0 aromatic heterocycles. The number of aryl methyl sites for hydroxylation is 2. The number of carbonyl (C=O) groups excluding carboxylic acids is 1. The summed E-state index contributed by atoms with van der Waals surface area (Å²) in [5.41, 5.74) is 4.30. The van der Waals surface area contributed by atoms with Gasteiger partial charge < -0.3 is 14.8 Å². The molecule has 0 spiro atoms. The number of para-hydroxylation sites is 1. The van der Waals surface area contributed by atoms with E-state index in [1.807, 2.05) is 81.4 Å². The second kappa shape index (κ2) is 9.56. The molecular formula is C28H27NO3. The summed E-state index contributed by atoms with van der Waals surface area (Å²) in [4.78, 5) is 13.0. The lowest BCUT2D eigenvalue weighted by atomic mass is 10.1. The lowest BCUT2D eigenvalue weighted by molar-refractivity contribution is 0.102. The monoisotopic (exact) mass is 425 g/mol. The van der Waals surface area contributed by atoms with Gasteiger partial charge in [0.1, 0.15) is 18.1 Å². The molecule has 4 heteroatoms. The van der Waals surface area contributed by atoms with E-state index in [0.29, 0.717) is 18.8 Å². The topological polar surface area (TPSA) is 47.6 Å². The van der Waals surface area contributed by atoms with Crippen molar-refractivity contribution in [3.8, 4) is 11.5 Å². The Morgan fingerprint density at radius 3 is 2.31 bits per heavy atom. The third-order valence-electron chi connectivity index (χ3n) is 5.47. The summed E-state index contributed by atoms with van der Waals surface area (Å²) in [6.45, 7) is 6.76. The number of rotatable bonds is 7. The van der Waals surface area contributed by atoms with Crippen LogP contribution in [-0.4, -0.2) is 12.5 Å². The minimum Gasteiger partial charge on any atom is -0.493 e. The minimum absolute atomic E-state index is 0.156. The molecule has 0 saturated carbocycles. The van der Waals surface area contributed by atoms with Gasteiger partial charge in [0.2, 0.25) is 0 Å². The fourth-order valence-electron chi connectivity index (χ4n) is 3.80. The maximum Gasteiger partial charge on any atom is 0.255 e. The van der Waals surface area contributed by atoms with Crippen molar-refractivity contribution in [1.29, 1.82) is 0 Å². The molecule has 1 amide bonds. The third-order valence-corrected chi connectivity index (χ3v) is 5.47.